The number of rotatable bonds is 4. The molecular weight excluding hydrogens is 276 g/mol. The average molecular weight is 292 g/mol. The van der Waals surface area contributed by atoms with Crippen LogP contribution in [0.1, 0.15) is 19.2 Å². The first-order chi connectivity index (χ1) is 9.75. The van der Waals surface area contributed by atoms with Gasteiger partial charge in [0.05, 0.1) is 22.8 Å². The van der Waals surface area contributed by atoms with Crippen molar-refractivity contribution in [3.63, 3.8) is 0 Å². The Bertz CT molecular complexity index is 601. The number of hydrogen-bond donors (Lipinski definition) is 0. The molecule has 1 aromatic heterocycles. The van der Waals surface area contributed by atoms with Gasteiger partial charge in [-0.2, -0.15) is 4.68 Å². The van der Waals surface area contributed by atoms with E-state index in [1.54, 1.807) is 4.68 Å². The van der Waals surface area contributed by atoms with E-state index in [-0.39, 0.29) is 11.4 Å². The normalized spacial score (nSPS) is 23.9. The Morgan fingerprint density at radius 3 is 2.90 bits per heavy atom. The van der Waals surface area contributed by atoms with Gasteiger partial charge in [-0.15, -0.1) is 5.10 Å². The molecule has 0 amide bonds. The van der Waals surface area contributed by atoms with Crippen LogP contribution in [-0.2, 0) is 21.3 Å². The van der Waals surface area contributed by atoms with Crippen LogP contribution in [0.2, 0.25) is 0 Å². The maximum absolute atomic E-state index is 12.4. The highest BCUT2D eigenvalue weighted by Crippen LogP contribution is 2.21. The van der Waals surface area contributed by atoms with Crippen molar-refractivity contribution in [3.8, 4) is 5.69 Å². The van der Waals surface area contributed by atoms with E-state index in [2.05, 4.69) is 15.5 Å². The summed E-state index contributed by atoms with van der Waals surface area (Å²) in [5.41, 5.74) is 0.875. The van der Waals surface area contributed by atoms with Crippen LogP contribution < -0.4 is 0 Å². The smallest absolute Gasteiger partial charge is 0.169 e. The molecule has 20 heavy (non-hydrogen) atoms. The number of tetrazole rings is 1. The molecule has 1 aliphatic rings. The second kappa shape index (κ2) is 5.80. The number of benzene rings is 1. The molecule has 2 heterocycles. The standard InChI is InChI=1S/C13H16N4O2S/c1-10-12(7-8-19-10)20(18)9-13-14-15-16-17(13)11-5-3-2-4-6-11/h2-6,10,12H,7-9H2,1H3/t10-,12-,20-/m0/s1. The highest BCUT2D eigenvalue weighted by molar-refractivity contribution is 7.84. The molecular formula is C13H16N4O2S. The van der Waals surface area contributed by atoms with Gasteiger partial charge in [0, 0.05) is 17.4 Å². The van der Waals surface area contributed by atoms with Gasteiger partial charge in [-0.1, -0.05) is 18.2 Å². The third-order valence-corrected chi connectivity index (χ3v) is 5.29. The molecule has 0 spiro atoms. The van der Waals surface area contributed by atoms with Gasteiger partial charge < -0.3 is 4.74 Å². The summed E-state index contributed by atoms with van der Waals surface area (Å²) in [6, 6.07) is 9.62. The van der Waals surface area contributed by atoms with E-state index in [9.17, 15) is 4.21 Å². The Morgan fingerprint density at radius 2 is 2.20 bits per heavy atom. The molecule has 1 fully saturated rings. The van der Waals surface area contributed by atoms with E-state index in [0.29, 0.717) is 18.2 Å². The Labute approximate surface area is 119 Å². The molecule has 106 valence electrons. The zero-order valence-corrected chi connectivity index (χ0v) is 12.0. The van der Waals surface area contributed by atoms with Gasteiger partial charge in [-0.05, 0) is 35.9 Å². The van der Waals surface area contributed by atoms with Crippen LogP contribution >= 0.6 is 0 Å². The lowest BCUT2D eigenvalue weighted by Crippen LogP contribution is -2.25. The Morgan fingerprint density at radius 1 is 1.40 bits per heavy atom. The topological polar surface area (TPSA) is 69.9 Å². The molecule has 1 aromatic carbocycles. The zero-order chi connectivity index (χ0) is 13.9. The third-order valence-electron chi connectivity index (χ3n) is 3.45. The van der Waals surface area contributed by atoms with Gasteiger partial charge in [0.25, 0.3) is 0 Å². The minimum atomic E-state index is -1.03. The van der Waals surface area contributed by atoms with Crippen molar-refractivity contribution in [1.82, 2.24) is 20.2 Å². The molecule has 0 N–H and O–H groups in total. The highest BCUT2D eigenvalue weighted by Gasteiger charge is 2.30. The van der Waals surface area contributed by atoms with Crippen LogP contribution in [0.25, 0.3) is 5.69 Å². The highest BCUT2D eigenvalue weighted by atomic mass is 32.2. The van der Waals surface area contributed by atoms with E-state index in [1.165, 1.54) is 0 Å². The summed E-state index contributed by atoms with van der Waals surface area (Å²) in [5.74, 6) is 0.967. The van der Waals surface area contributed by atoms with Crippen LogP contribution in [-0.4, -0.2) is 42.4 Å². The van der Waals surface area contributed by atoms with Crippen molar-refractivity contribution in [2.24, 2.45) is 0 Å². The molecule has 6 nitrogen and oxygen atoms in total. The molecule has 1 saturated heterocycles. The number of ether oxygens (including phenoxy) is 1. The minimum absolute atomic E-state index is 0.0388. The van der Waals surface area contributed by atoms with Crippen molar-refractivity contribution in [2.75, 3.05) is 6.61 Å². The quantitative estimate of drug-likeness (QED) is 0.843. The van der Waals surface area contributed by atoms with Gasteiger partial charge in [-0.3, -0.25) is 4.21 Å². The molecule has 3 rings (SSSR count). The fraction of sp³-hybridized carbons (Fsp3) is 0.462. The van der Waals surface area contributed by atoms with E-state index >= 15 is 0 Å². The monoisotopic (exact) mass is 292 g/mol. The van der Waals surface area contributed by atoms with Gasteiger partial charge in [0.1, 0.15) is 0 Å². The van der Waals surface area contributed by atoms with Gasteiger partial charge in [0.2, 0.25) is 0 Å². The van der Waals surface area contributed by atoms with Crippen molar-refractivity contribution < 1.29 is 8.95 Å². The molecule has 0 unspecified atom stereocenters. The predicted molar refractivity (Wildman–Crippen MR) is 74.8 cm³/mol. The molecule has 2 aromatic rings. The summed E-state index contributed by atoms with van der Waals surface area (Å²) >= 11 is 0. The van der Waals surface area contributed by atoms with Crippen LogP contribution in [0.5, 0.6) is 0 Å². The van der Waals surface area contributed by atoms with E-state index in [4.69, 9.17) is 4.74 Å². The first-order valence-corrected chi connectivity index (χ1v) is 7.95. The maximum atomic E-state index is 12.4. The number of aromatic nitrogens is 4. The molecule has 0 bridgehead atoms. The van der Waals surface area contributed by atoms with E-state index < -0.39 is 10.8 Å². The minimum Gasteiger partial charge on any atom is -0.377 e. The Balaban J connectivity index is 1.79. The lowest BCUT2D eigenvalue weighted by Gasteiger charge is -2.13. The zero-order valence-electron chi connectivity index (χ0n) is 11.2. The van der Waals surface area contributed by atoms with Gasteiger partial charge >= 0.3 is 0 Å². The molecule has 7 heteroatoms. The summed E-state index contributed by atoms with van der Waals surface area (Å²) in [6.07, 6.45) is 0.873. The van der Waals surface area contributed by atoms with Crippen molar-refractivity contribution in [1.29, 1.82) is 0 Å². The molecule has 1 aliphatic heterocycles. The summed E-state index contributed by atoms with van der Waals surface area (Å²) in [5, 5.41) is 11.7. The molecule has 0 radical (unpaired) electrons. The van der Waals surface area contributed by atoms with E-state index in [1.807, 2.05) is 37.3 Å². The number of para-hydroxylation sites is 1. The first-order valence-electron chi connectivity index (χ1n) is 6.57. The summed E-state index contributed by atoms with van der Waals surface area (Å²) in [4.78, 5) is 0. The first kappa shape index (κ1) is 13.4. The van der Waals surface area contributed by atoms with Crippen molar-refractivity contribution >= 4 is 10.8 Å². The molecule has 0 saturated carbocycles. The third kappa shape index (κ3) is 2.64. The average Bonchev–Trinajstić information content (AvgIpc) is 3.08. The fourth-order valence-electron chi connectivity index (χ4n) is 2.36. The lowest BCUT2D eigenvalue weighted by molar-refractivity contribution is 0.127. The second-order valence-electron chi connectivity index (χ2n) is 4.77. The van der Waals surface area contributed by atoms with E-state index in [0.717, 1.165) is 12.1 Å². The fourth-order valence-corrected chi connectivity index (χ4v) is 3.87. The maximum Gasteiger partial charge on any atom is 0.169 e. The summed E-state index contributed by atoms with van der Waals surface area (Å²) in [6.45, 7) is 2.65. The molecule has 3 atom stereocenters. The lowest BCUT2D eigenvalue weighted by atomic mass is 10.3. The summed E-state index contributed by atoms with van der Waals surface area (Å²) in [7, 11) is -1.03. The van der Waals surface area contributed by atoms with Crippen molar-refractivity contribution in [2.45, 2.75) is 30.5 Å². The van der Waals surface area contributed by atoms with Crippen LogP contribution in [0.15, 0.2) is 30.3 Å². The van der Waals surface area contributed by atoms with Crippen LogP contribution in [0, 0.1) is 0 Å². The number of nitrogens with zero attached hydrogens (tertiary/aromatic N) is 4. The van der Waals surface area contributed by atoms with Crippen molar-refractivity contribution in [3.05, 3.63) is 36.2 Å². The Hall–Kier alpha value is -1.60. The van der Waals surface area contributed by atoms with Gasteiger partial charge in [-0.25, -0.2) is 0 Å². The molecule has 0 aliphatic carbocycles. The largest absolute Gasteiger partial charge is 0.377 e. The van der Waals surface area contributed by atoms with Crippen LogP contribution in [0.3, 0.4) is 0 Å². The predicted octanol–water partition coefficient (Wildman–Crippen LogP) is 1.09. The summed E-state index contributed by atoms with van der Waals surface area (Å²) < 4.78 is 19.5. The Kier molecular flexibility index (Phi) is 3.88. The van der Waals surface area contributed by atoms with Gasteiger partial charge in [0.15, 0.2) is 5.82 Å². The second-order valence-corrected chi connectivity index (χ2v) is 6.43. The SMILES string of the molecule is C[C@@H]1OCC[C@@H]1[S@@](=O)Cc1nnnn1-c1ccccc1. The number of hydrogen-bond acceptors (Lipinski definition) is 5. The van der Waals surface area contributed by atoms with Crippen LogP contribution in [0.4, 0.5) is 0 Å².